The number of fused-ring (bicyclic) bond motifs is 1. The lowest BCUT2D eigenvalue weighted by Crippen LogP contribution is -2.31. The van der Waals surface area contributed by atoms with Crippen molar-refractivity contribution in [3.63, 3.8) is 0 Å². The monoisotopic (exact) mass is 353 g/mol. The van der Waals surface area contributed by atoms with Crippen LogP contribution in [-0.2, 0) is 11.3 Å². The normalized spacial score (nSPS) is 22.5. The zero-order valence-corrected chi connectivity index (χ0v) is 14.8. The van der Waals surface area contributed by atoms with Gasteiger partial charge in [0.05, 0.1) is 23.6 Å². The highest BCUT2D eigenvalue weighted by Crippen LogP contribution is 2.27. The van der Waals surface area contributed by atoms with Crippen molar-refractivity contribution in [2.45, 2.75) is 6.54 Å². The van der Waals surface area contributed by atoms with E-state index in [2.05, 4.69) is 27.4 Å². The minimum absolute atomic E-state index is 0.00415. The summed E-state index contributed by atoms with van der Waals surface area (Å²) in [4.78, 5) is 16.9. The molecule has 0 amide bonds. The summed E-state index contributed by atoms with van der Waals surface area (Å²) in [5, 5.41) is 8.45. The third kappa shape index (κ3) is 4.06. The summed E-state index contributed by atoms with van der Waals surface area (Å²) in [6.07, 6.45) is 11.8. The van der Waals surface area contributed by atoms with E-state index >= 15 is 0 Å². The summed E-state index contributed by atoms with van der Waals surface area (Å²) in [7, 11) is 0. The first kappa shape index (κ1) is 17.0. The molecule has 0 saturated carbocycles. The first-order valence-corrected chi connectivity index (χ1v) is 8.97. The highest BCUT2D eigenvalue weighted by molar-refractivity contribution is 6.45. The lowest BCUT2D eigenvalue weighted by Gasteiger charge is -2.25. The molecule has 2 aromatic rings. The van der Waals surface area contributed by atoms with Crippen LogP contribution in [0.5, 0.6) is 0 Å². The van der Waals surface area contributed by atoms with E-state index in [1.54, 1.807) is 6.08 Å². The maximum absolute atomic E-state index is 12.2. The van der Waals surface area contributed by atoms with Crippen LogP contribution in [0, 0.1) is 11.8 Å². The van der Waals surface area contributed by atoms with Crippen LogP contribution >= 0.6 is 0 Å². The van der Waals surface area contributed by atoms with Crippen LogP contribution in [0.4, 0.5) is 11.4 Å². The number of azo groups is 1. The molecule has 4 heteroatoms. The van der Waals surface area contributed by atoms with Crippen LogP contribution in [0.2, 0.25) is 0 Å². The van der Waals surface area contributed by atoms with Gasteiger partial charge in [-0.25, -0.2) is 0 Å². The molecule has 0 spiro atoms. The van der Waals surface area contributed by atoms with E-state index in [-0.39, 0.29) is 17.6 Å². The fourth-order valence-corrected chi connectivity index (χ4v) is 3.17. The Morgan fingerprint density at radius 2 is 1.48 bits per heavy atom. The molecule has 2 aliphatic carbocycles. The van der Waals surface area contributed by atoms with E-state index in [0.29, 0.717) is 12.3 Å². The molecule has 2 aromatic carbocycles. The Morgan fingerprint density at radius 3 is 2.26 bits per heavy atom. The molecule has 0 fully saturated rings. The van der Waals surface area contributed by atoms with Crippen LogP contribution in [-0.4, -0.2) is 11.5 Å². The van der Waals surface area contributed by atoms with Gasteiger partial charge in [0.15, 0.2) is 5.78 Å². The number of carbonyl (C=O) groups is 1. The Hall–Kier alpha value is -3.40. The number of aliphatic imine (C=N–C) groups is 1. The van der Waals surface area contributed by atoms with Gasteiger partial charge in [-0.1, -0.05) is 60.7 Å². The van der Waals surface area contributed by atoms with Gasteiger partial charge < -0.3 is 0 Å². The van der Waals surface area contributed by atoms with E-state index in [0.717, 1.165) is 16.9 Å². The quantitative estimate of drug-likeness (QED) is 0.666. The predicted molar refractivity (Wildman–Crippen MR) is 108 cm³/mol. The molecule has 0 heterocycles. The Kier molecular flexibility index (Phi) is 4.97. The van der Waals surface area contributed by atoms with Crippen molar-refractivity contribution < 1.29 is 4.79 Å². The topological polar surface area (TPSA) is 54.1 Å². The average Bonchev–Trinajstić information content (AvgIpc) is 2.73. The van der Waals surface area contributed by atoms with Crippen molar-refractivity contribution in [2.75, 3.05) is 0 Å². The summed E-state index contributed by atoms with van der Waals surface area (Å²) in [6, 6.07) is 17.4. The molecule has 0 aliphatic heterocycles. The predicted octanol–water partition coefficient (Wildman–Crippen LogP) is 5.54. The van der Waals surface area contributed by atoms with Crippen molar-refractivity contribution in [3.8, 4) is 0 Å². The van der Waals surface area contributed by atoms with Crippen molar-refractivity contribution in [1.82, 2.24) is 0 Å². The van der Waals surface area contributed by atoms with Gasteiger partial charge in [0.2, 0.25) is 0 Å². The lowest BCUT2D eigenvalue weighted by molar-refractivity contribution is -0.109. The maximum atomic E-state index is 12.2. The minimum Gasteiger partial charge on any atom is -0.288 e. The first-order valence-electron chi connectivity index (χ1n) is 8.97. The van der Waals surface area contributed by atoms with Crippen molar-refractivity contribution in [2.24, 2.45) is 27.1 Å². The number of nitrogens with zero attached hydrogens (tertiary/aromatic N) is 3. The third-order valence-electron chi connectivity index (χ3n) is 4.62. The second kappa shape index (κ2) is 7.87. The summed E-state index contributed by atoms with van der Waals surface area (Å²) in [6.45, 7) is 0.478. The van der Waals surface area contributed by atoms with E-state index in [1.165, 1.54) is 0 Å². The summed E-state index contributed by atoms with van der Waals surface area (Å²) < 4.78 is 0. The van der Waals surface area contributed by atoms with Gasteiger partial charge in [-0.15, -0.1) is 0 Å². The Labute approximate surface area is 158 Å². The lowest BCUT2D eigenvalue weighted by atomic mass is 9.79. The number of carbonyl (C=O) groups excluding carboxylic acids is 1. The molecule has 27 heavy (non-hydrogen) atoms. The average molecular weight is 353 g/mol. The van der Waals surface area contributed by atoms with Crippen LogP contribution in [0.25, 0.3) is 0 Å². The summed E-state index contributed by atoms with van der Waals surface area (Å²) >= 11 is 0. The number of ketones is 1. The number of hydrogen-bond donors (Lipinski definition) is 0. The molecule has 2 aliphatic rings. The van der Waals surface area contributed by atoms with E-state index in [9.17, 15) is 4.79 Å². The number of allylic oxidation sites excluding steroid dienone is 6. The minimum atomic E-state index is 0.00415. The Balaban J connectivity index is 1.45. The van der Waals surface area contributed by atoms with E-state index in [1.807, 2.05) is 72.8 Å². The second-order valence-corrected chi connectivity index (χ2v) is 6.50. The first-order chi connectivity index (χ1) is 13.3. The highest BCUT2D eigenvalue weighted by Gasteiger charge is 2.29. The molecular formula is C23H19N3O. The van der Waals surface area contributed by atoms with Gasteiger partial charge in [-0.2, -0.15) is 10.2 Å². The molecule has 4 rings (SSSR count). The fraction of sp³-hybridized carbons (Fsp3) is 0.130. The van der Waals surface area contributed by atoms with Crippen molar-refractivity contribution >= 4 is 22.9 Å². The molecular weight excluding hydrogens is 334 g/mol. The number of rotatable bonds is 4. The molecule has 132 valence electrons. The molecule has 0 N–H and O–H groups in total. The van der Waals surface area contributed by atoms with Gasteiger partial charge in [0, 0.05) is 11.8 Å². The van der Waals surface area contributed by atoms with Gasteiger partial charge in [-0.3, -0.25) is 9.79 Å². The summed E-state index contributed by atoms with van der Waals surface area (Å²) in [5.74, 6) is 0.281. The van der Waals surface area contributed by atoms with Gasteiger partial charge >= 0.3 is 0 Å². The van der Waals surface area contributed by atoms with E-state index in [4.69, 9.17) is 0 Å². The Morgan fingerprint density at radius 1 is 0.778 bits per heavy atom. The molecule has 0 bridgehead atoms. The van der Waals surface area contributed by atoms with Crippen LogP contribution < -0.4 is 0 Å². The maximum Gasteiger partial charge on any atom is 0.199 e. The Bertz CT molecular complexity index is 966. The van der Waals surface area contributed by atoms with Gasteiger partial charge in [0.1, 0.15) is 0 Å². The highest BCUT2D eigenvalue weighted by atomic mass is 16.1. The molecule has 0 radical (unpaired) electrons. The van der Waals surface area contributed by atoms with Crippen LogP contribution in [0.1, 0.15) is 5.56 Å². The largest absolute Gasteiger partial charge is 0.288 e. The third-order valence-corrected chi connectivity index (χ3v) is 4.62. The van der Waals surface area contributed by atoms with Crippen LogP contribution in [0.3, 0.4) is 0 Å². The number of benzene rings is 2. The zero-order chi connectivity index (χ0) is 18.5. The fourth-order valence-electron chi connectivity index (χ4n) is 3.17. The molecule has 0 saturated heterocycles. The standard InChI is InChI=1S/C23H19N3O/c27-22-15-12-18-6-4-5-9-21(18)23(22)24-16-17-10-13-20(14-11-17)26-25-19-7-2-1-3-8-19/h1-15,18,21H,16H2. The molecule has 0 aromatic heterocycles. The zero-order valence-electron chi connectivity index (χ0n) is 14.8. The SMILES string of the molecule is O=C1C=CC2C=CC=CC2C1=NCc1ccc(N=Nc2ccccc2)cc1. The summed E-state index contributed by atoms with van der Waals surface area (Å²) in [5.41, 5.74) is 3.28. The van der Waals surface area contributed by atoms with Crippen molar-refractivity contribution in [3.05, 3.63) is 96.6 Å². The molecule has 2 unspecified atom stereocenters. The van der Waals surface area contributed by atoms with Gasteiger partial charge in [0.25, 0.3) is 0 Å². The second-order valence-electron chi connectivity index (χ2n) is 6.50. The smallest absolute Gasteiger partial charge is 0.199 e. The van der Waals surface area contributed by atoms with E-state index < -0.39 is 0 Å². The van der Waals surface area contributed by atoms with Crippen LogP contribution in [0.15, 0.2) is 106 Å². The molecule has 2 atom stereocenters. The van der Waals surface area contributed by atoms with Gasteiger partial charge in [-0.05, 0) is 35.9 Å². The number of hydrogen-bond acceptors (Lipinski definition) is 4. The molecule has 4 nitrogen and oxygen atoms in total. The van der Waals surface area contributed by atoms with Crippen molar-refractivity contribution in [1.29, 1.82) is 0 Å².